The third-order valence-corrected chi connectivity index (χ3v) is 3.99. The lowest BCUT2D eigenvalue weighted by atomic mass is 10.3. The van der Waals surface area contributed by atoms with Gasteiger partial charge in [0.2, 0.25) is 0 Å². The van der Waals surface area contributed by atoms with E-state index in [4.69, 9.17) is 5.73 Å². The van der Waals surface area contributed by atoms with Crippen molar-refractivity contribution in [2.45, 2.75) is 18.7 Å². The van der Waals surface area contributed by atoms with Crippen LogP contribution in [-0.4, -0.2) is 18.6 Å². The quantitative estimate of drug-likeness (QED) is 0.744. The molecule has 2 aromatic rings. The first-order chi connectivity index (χ1) is 8.81. The van der Waals surface area contributed by atoms with E-state index < -0.39 is 20.7 Å². The fraction of sp³-hybridized carbons (Fsp3) is 0.182. The molecular weight excluding hydrogens is 271 g/mol. The van der Waals surface area contributed by atoms with Crippen LogP contribution in [0.5, 0.6) is 0 Å². The number of aromatic nitrogens is 2. The van der Waals surface area contributed by atoms with Crippen LogP contribution in [0.25, 0.3) is 0 Å². The average Bonchev–Trinajstić information content (AvgIpc) is 2.60. The van der Waals surface area contributed by atoms with Gasteiger partial charge >= 0.3 is 0 Å². The Hall–Kier alpha value is -2.09. The summed E-state index contributed by atoms with van der Waals surface area (Å²) in [4.78, 5) is -0.457. The molecule has 0 saturated heterocycles. The SMILES string of the molecule is Cc1n[nH]c(C)c1NS(=O)(=O)c1ccc(N)cc1F. The molecule has 102 valence electrons. The number of rotatable bonds is 3. The van der Waals surface area contributed by atoms with Gasteiger partial charge in [0.1, 0.15) is 10.7 Å². The van der Waals surface area contributed by atoms with Gasteiger partial charge in [-0.2, -0.15) is 5.10 Å². The molecule has 1 aromatic heterocycles. The smallest absolute Gasteiger partial charge is 0.264 e. The minimum absolute atomic E-state index is 0.159. The first-order valence-corrected chi connectivity index (χ1v) is 6.89. The number of halogens is 1. The zero-order valence-electron chi connectivity index (χ0n) is 10.4. The Balaban J connectivity index is 2.44. The van der Waals surface area contributed by atoms with E-state index in [2.05, 4.69) is 14.9 Å². The predicted octanol–water partition coefficient (Wildman–Crippen LogP) is 1.55. The van der Waals surface area contributed by atoms with Gasteiger partial charge in [-0.3, -0.25) is 9.82 Å². The number of anilines is 2. The standard InChI is InChI=1S/C11H13FN4O2S/c1-6-11(7(2)15-14-6)16-19(17,18)10-4-3-8(13)5-9(10)12/h3-5,16H,13H2,1-2H3,(H,14,15). The number of sulfonamides is 1. The highest BCUT2D eigenvalue weighted by atomic mass is 32.2. The highest BCUT2D eigenvalue weighted by molar-refractivity contribution is 7.92. The second-order valence-electron chi connectivity index (χ2n) is 4.10. The molecule has 0 aliphatic heterocycles. The molecule has 6 nitrogen and oxygen atoms in total. The predicted molar refractivity (Wildman–Crippen MR) is 69.7 cm³/mol. The van der Waals surface area contributed by atoms with Crippen molar-refractivity contribution >= 4 is 21.4 Å². The molecule has 0 aliphatic carbocycles. The molecule has 0 fully saturated rings. The molecule has 0 radical (unpaired) electrons. The Bertz CT molecular complexity index is 705. The van der Waals surface area contributed by atoms with Gasteiger partial charge in [0, 0.05) is 5.69 Å². The molecule has 0 aliphatic rings. The Kier molecular flexibility index (Phi) is 3.19. The van der Waals surface area contributed by atoms with Gasteiger partial charge in [-0.1, -0.05) is 0 Å². The van der Waals surface area contributed by atoms with Gasteiger partial charge in [0.15, 0.2) is 0 Å². The normalized spacial score (nSPS) is 11.5. The van der Waals surface area contributed by atoms with Gasteiger partial charge in [-0.05, 0) is 32.0 Å². The number of nitrogens with two attached hydrogens (primary N) is 1. The molecule has 2 rings (SSSR count). The zero-order valence-corrected chi connectivity index (χ0v) is 11.2. The van der Waals surface area contributed by atoms with Crippen LogP contribution >= 0.6 is 0 Å². The third-order valence-electron chi connectivity index (χ3n) is 2.61. The first kappa shape index (κ1) is 13.3. The van der Waals surface area contributed by atoms with Crippen LogP contribution < -0.4 is 10.5 Å². The van der Waals surface area contributed by atoms with Crippen LogP contribution in [-0.2, 0) is 10.0 Å². The number of nitrogen functional groups attached to an aromatic ring is 1. The Morgan fingerprint density at radius 1 is 1.37 bits per heavy atom. The van der Waals surface area contributed by atoms with E-state index in [-0.39, 0.29) is 5.69 Å². The van der Waals surface area contributed by atoms with Gasteiger partial charge in [-0.15, -0.1) is 0 Å². The maximum Gasteiger partial charge on any atom is 0.264 e. The van der Waals surface area contributed by atoms with Crippen LogP contribution in [0.2, 0.25) is 0 Å². The lowest BCUT2D eigenvalue weighted by Gasteiger charge is -2.09. The number of aromatic amines is 1. The van der Waals surface area contributed by atoms with E-state index in [9.17, 15) is 12.8 Å². The summed E-state index contributed by atoms with van der Waals surface area (Å²) in [5.41, 5.74) is 6.90. The van der Waals surface area contributed by atoms with E-state index >= 15 is 0 Å². The lowest BCUT2D eigenvalue weighted by Crippen LogP contribution is -2.15. The molecule has 4 N–H and O–H groups in total. The van der Waals surface area contributed by atoms with Crippen molar-refractivity contribution in [3.63, 3.8) is 0 Å². The number of nitrogens with one attached hydrogen (secondary N) is 2. The molecule has 1 heterocycles. The summed E-state index contributed by atoms with van der Waals surface area (Å²) in [5, 5.41) is 6.51. The molecule has 0 saturated carbocycles. The van der Waals surface area contributed by atoms with Crippen molar-refractivity contribution in [3.8, 4) is 0 Å². The molecule has 8 heteroatoms. The summed E-state index contributed by atoms with van der Waals surface area (Å²) >= 11 is 0. The number of hydrogen-bond donors (Lipinski definition) is 3. The molecule has 19 heavy (non-hydrogen) atoms. The Labute approximate surface area is 109 Å². The lowest BCUT2D eigenvalue weighted by molar-refractivity contribution is 0.571. The molecule has 0 spiro atoms. The monoisotopic (exact) mass is 284 g/mol. The summed E-state index contributed by atoms with van der Waals surface area (Å²) in [7, 11) is -4.02. The minimum Gasteiger partial charge on any atom is -0.399 e. The number of nitrogens with zero attached hydrogens (tertiary/aromatic N) is 1. The highest BCUT2D eigenvalue weighted by Gasteiger charge is 2.21. The molecule has 1 aromatic carbocycles. The van der Waals surface area contributed by atoms with E-state index in [1.807, 2.05) is 0 Å². The summed E-state index contributed by atoms with van der Waals surface area (Å²) in [6.07, 6.45) is 0. The minimum atomic E-state index is -4.02. The first-order valence-electron chi connectivity index (χ1n) is 5.40. The number of benzene rings is 1. The van der Waals surface area contributed by atoms with Gasteiger partial charge < -0.3 is 5.73 Å². The number of H-pyrrole nitrogens is 1. The molecule has 0 atom stereocenters. The van der Waals surface area contributed by atoms with Gasteiger partial charge in [0.05, 0.1) is 17.1 Å². The summed E-state index contributed by atoms with van der Waals surface area (Å²) < 4.78 is 40.2. The molecule has 0 unspecified atom stereocenters. The van der Waals surface area contributed by atoms with Crippen LogP contribution in [0.1, 0.15) is 11.4 Å². The van der Waals surface area contributed by atoms with Crippen molar-refractivity contribution in [2.75, 3.05) is 10.5 Å². The van der Waals surface area contributed by atoms with Crippen molar-refractivity contribution in [1.82, 2.24) is 10.2 Å². The zero-order chi connectivity index (χ0) is 14.2. The van der Waals surface area contributed by atoms with E-state index in [1.54, 1.807) is 13.8 Å². The number of aryl methyl sites for hydroxylation is 2. The molecule has 0 bridgehead atoms. The number of hydrogen-bond acceptors (Lipinski definition) is 4. The van der Waals surface area contributed by atoms with Crippen LogP contribution in [0, 0.1) is 19.7 Å². The molecular formula is C11H13FN4O2S. The average molecular weight is 284 g/mol. The topological polar surface area (TPSA) is 101 Å². The summed E-state index contributed by atoms with van der Waals surface area (Å²) in [6.45, 7) is 3.30. The van der Waals surface area contributed by atoms with Crippen LogP contribution in [0.4, 0.5) is 15.8 Å². The third kappa shape index (κ3) is 2.53. The maximum absolute atomic E-state index is 13.7. The highest BCUT2D eigenvalue weighted by Crippen LogP contribution is 2.23. The van der Waals surface area contributed by atoms with Crippen molar-refractivity contribution in [3.05, 3.63) is 35.4 Å². The van der Waals surface area contributed by atoms with E-state index in [0.29, 0.717) is 17.1 Å². The fourth-order valence-electron chi connectivity index (χ4n) is 1.63. The summed E-state index contributed by atoms with van der Waals surface area (Å²) in [5.74, 6) is -0.897. The van der Waals surface area contributed by atoms with E-state index in [0.717, 1.165) is 12.1 Å². The maximum atomic E-state index is 13.7. The Morgan fingerprint density at radius 3 is 2.58 bits per heavy atom. The van der Waals surface area contributed by atoms with Gasteiger partial charge in [-0.25, -0.2) is 12.8 Å². The Morgan fingerprint density at radius 2 is 2.05 bits per heavy atom. The second-order valence-corrected chi connectivity index (χ2v) is 5.76. The van der Waals surface area contributed by atoms with Crippen molar-refractivity contribution in [2.24, 2.45) is 0 Å². The summed E-state index contributed by atoms with van der Waals surface area (Å²) in [6, 6.07) is 3.41. The van der Waals surface area contributed by atoms with Crippen LogP contribution in [0.15, 0.2) is 23.1 Å². The fourth-order valence-corrected chi connectivity index (χ4v) is 2.87. The van der Waals surface area contributed by atoms with Crippen LogP contribution in [0.3, 0.4) is 0 Å². The van der Waals surface area contributed by atoms with Crippen molar-refractivity contribution < 1.29 is 12.8 Å². The van der Waals surface area contributed by atoms with Gasteiger partial charge in [0.25, 0.3) is 10.0 Å². The van der Waals surface area contributed by atoms with Crippen molar-refractivity contribution in [1.29, 1.82) is 0 Å². The second kappa shape index (κ2) is 4.54. The largest absolute Gasteiger partial charge is 0.399 e. The molecule has 0 amide bonds. The van der Waals surface area contributed by atoms with E-state index in [1.165, 1.54) is 6.07 Å².